The van der Waals surface area contributed by atoms with Gasteiger partial charge in [0.2, 0.25) is 0 Å². The van der Waals surface area contributed by atoms with Crippen molar-refractivity contribution in [3.05, 3.63) is 29.8 Å². The summed E-state index contributed by atoms with van der Waals surface area (Å²) in [5, 5.41) is 0. The molecule has 1 amide bonds. The third-order valence-electron chi connectivity index (χ3n) is 1.67. The van der Waals surface area contributed by atoms with E-state index in [2.05, 4.69) is 17.8 Å². The highest BCUT2D eigenvalue weighted by atomic mass is 32.2. The average molecular weight is 210 g/mol. The van der Waals surface area contributed by atoms with Crippen molar-refractivity contribution in [3.8, 4) is 0 Å². The SMILES string of the molecule is CCSc1ccc(C(=O)NNC)cc1. The van der Waals surface area contributed by atoms with Crippen LogP contribution in [0.25, 0.3) is 0 Å². The minimum Gasteiger partial charge on any atom is -0.288 e. The molecule has 0 fully saturated rings. The smallest absolute Gasteiger partial charge is 0.265 e. The second kappa shape index (κ2) is 5.67. The van der Waals surface area contributed by atoms with Crippen molar-refractivity contribution in [1.82, 2.24) is 10.9 Å². The van der Waals surface area contributed by atoms with Crippen LogP contribution in [-0.4, -0.2) is 18.7 Å². The Balaban J connectivity index is 2.67. The van der Waals surface area contributed by atoms with E-state index in [0.717, 1.165) is 5.75 Å². The van der Waals surface area contributed by atoms with Crippen molar-refractivity contribution in [1.29, 1.82) is 0 Å². The Kier molecular flexibility index (Phi) is 4.49. The highest BCUT2D eigenvalue weighted by Crippen LogP contribution is 2.17. The summed E-state index contributed by atoms with van der Waals surface area (Å²) in [4.78, 5) is 12.5. The van der Waals surface area contributed by atoms with E-state index in [1.807, 2.05) is 24.3 Å². The van der Waals surface area contributed by atoms with Gasteiger partial charge in [0, 0.05) is 17.5 Å². The lowest BCUT2D eigenvalue weighted by molar-refractivity contribution is 0.0938. The third kappa shape index (κ3) is 3.05. The quantitative estimate of drug-likeness (QED) is 0.586. The number of carbonyl (C=O) groups excluding carboxylic acids is 1. The molecular weight excluding hydrogens is 196 g/mol. The summed E-state index contributed by atoms with van der Waals surface area (Å²) in [6.07, 6.45) is 0. The van der Waals surface area contributed by atoms with E-state index in [-0.39, 0.29) is 5.91 Å². The number of amides is 1. The molecule has 1 rings (SSSR count). The molecule has 0 aliphatic carbocycles. The monoisotopic (exact) mass is 210 g/mol. The molecule has 14 heavy (non-hydrogen) atoms. The maximum atomic E-state index is 11.3. The maximum Gasteiger partial charge on any atom is 0.265 e. The number of hydrogen-bond acceptors (Lipinski definition) is 3. The molecule has 0 bridgehead atoms. The molecule has 0 heterocycles. The molecule has 0 atom stereocenters. The van der Waals surface area contributed by atoms with E-state index < -0.39 is 0 Å². The van der Waals surface area contributed by atoms with Gasteiger partial charge in [0.25, 0.3) is 5.91 Å². The van der Waals surface area contributed by atoms with E-state index in [1.165, 1.54) is 4.90 Å². The summed E-state index contributed by atoms with van der Waals surface area (Å²) >= 11 is 1.76. The Morgan fingerprint density at radius 2 is 2.00 bits per heavy atom. The molecule has 4 heteroatoms. The first-order valence-corrected chi connectivity index (χ1v) is 5.46. The lowest BCUT2D eigenvalue weighted by Gasteiger charge is -2.03. The Hall–Kier alpha value is -1.00. The predicted molar refractivity (Wildman–Crippen MR) is 59.4 cm³/mol. The predicted octanol–water partition coefficient (Wildman–Crippen LogP) is 1.66. The minimum absolute atomic E-state index is 0.111. The van der Waals surface area contributed by atoms with Gasteiger partial charge in [-0.1, -0.05) is 6.92 Å². The van der Waals surface area contributed by atoms with Crippen molar-refractivity contribution < 1.29 is 4.79 Å². The number of thioether (sulfide) groups is 1. The van der Waals surface area contributed by atoms with Gasteiger partial charge in [-0.15, -0.1) is 11.8 Å². The second-order valence-corrected chi connectivity index (χ2v) is 4.00. The van der Waals surface area contributed by atoms with Gasteiger partial charge in [-0.2, -0.15) is 0 Å². The van der Waals surface area contributed by atoms with Gasteiger partial charge >= 0.3 is 0 Å². The van der Waals surface area contributed by atoms with Gasteiger partial charge in [0.1, 0.15) is 0 Å². The topological polar surface area (TPSA) is 41.1 Å². The highest BCUT2D eigenvalue weighted by Gasteiger charge is 2.02. The summed E-state index contributed by atoms with van der Waals surface area (Å²) in [6, 6.07) is 7.56. The van der Waals surface area contributed by atoms with Crippen LogP contribution in [0.3, 0.4) is 0 Å². The van der Waals surface area contributed by atoms with Gasteiger partial charge in [-0.05, 0) is 30.0 Å². The normalized spacial score (nSPS) is 9.86. The van der Waals surface area contributed by atoms with Crippen molar-refractivity contribution in [2.45, 2.75) is 11.8 Å². The first-order valence-electron chi connectivity index (χ1n) is 4.48. The Morgan fingerprint density at radius 3 is 2.50 bits per heavy atom. The minimum atomic E-state index is -0.111. The number of hydrazine groups is 1. The van der Waals surface area contributed by atoms with E-state index in [1.54, 1.807) is 18.8 Å². The summed E-state index contributed by atoms with van der Waals surface area (Å²) in [6.45, 7) is 2.10. The fraction of sp³-hybridized carbons (Fsp3) is 0.300. The van der Waals surface area contributed by atoms with Crippen LogP contribution in [0.15, 0.2) is 29.2 Å². The van der Waals surface area contributed by atoms with Crippen molar-refractivity contribution in [2.24, 2.45) is 0 Å². The van der Waals surface area contributed by atoms with Crippen molar-refractivity contribution >= 4 is 17.7 Å². The van der Waals surface area contributed by atoms with E-state index in [9.17, 15) is 4.79 Å². The lowest BCUT2D eigenvalue weighted by atomic mass is 10.2. The molecule has 0 aliphatic heterocycles. The van der Waals surface area contributed by atoms with Crippen LogP contribution in [-0.2, 0) is 0 Å². The molecule has 0 radical (unpaired) electrons. The lowest BCUT2D eigenvalue weighted by Crippen LogP contribution is -2.33. The zero-order valence-electron chi connectivity index (χ0n) is 8.33. The number of carbonyl (C=O) groups is 1. The Morgan fingerprint density at radius 1 is 1.36 bits per heavy atom. The molecule has 0 saturated carbocycles. The molecule has 1 aromatic carbocycles. The average Bonchev–Trinajstić information content (AvgIpc) is 2.20. The van der Waals surface area contributed by atoms with E-state index in [0.29, 0.717) is 5.56 Å². The van der Waals surface area contributed by atoms with Crippen LogP contribution in [0.1, 0.15) is 17.3 Å². The van der Waals surface area contributed by atoms with Crippen LogP contribution in [0.5, 0.6) is 0 Å². The number of rotatable bonds is 4. The number of nitrogens with one attached hydrogen (secondary N) is 2. The Labute approximate surface area is 88.2 Å². The molecule has 1 aromatic rings. The van der Waals surface area contributed by atoms with E-state index >= 15 is 0 Å². The van der Waals surface area contributed by atoms with Gasteiger partial charge in [-0.25, -0.2) is 5.43 Å². The summed E-state index contributed by atoms with van der Waals surface area (Å²) < 4.78 is 0. The molecule has 76 valence electrons. The number of benzene rings is 1. The molecule has 0 saturated heterocycles. The third-order valence-corrected chi connectivity index (χ3v) is 2.56. The van der Waals surface area contributed by atoms with Gasteiger partial charge < -0.3 is 0 Å². The largest absolute Gasteiger partial charge is 0.288 e. The summed E-state index contributed by atoms with van der Waals surface area (Å²) in [7, 11) is 1.67. The molecule has 0 aliphatic rings. The van der Waals surface area contributed by atoms with Crippen molar-refractivity contribution in [2.75, 3.05) is 12.8 Å². The van der Waals surface area contributed by atoms with Crippen LogP contribution in [0.4, 0.5) is 0 Å². The van der Waals surface area contributed by atoms with Gasteiger partial charge in [0.15, 0.2) is 0 Å². The maximum absolute atomic E-state index is 11.3. The molecule has 0 unspecified atom stereocenters. The van der Waals surface area contributed by atoms with Crippen LogP contribution in [0.2, 0.25) is 0 Å². The standard InChI is InChI=1S/C10H14N2OS/c1-3-14-9-6-4-8(5-7-9)10(13)12-11-2/h4-7,11H,3H2,1-2H3,(H,12,13). The number of hydrogen-bond donors (Lipinski definition) is 2. The van der Waals surface area contributed by atoms with E-state index in [4.69, 9.17) is 0 Å². The first-order chi connectivity index (χ1) is 6.77. The molecule has 0 aromatic heterocycles. The Bertz CT molecular complexity index is 297. The fourth-order valence-electron chi connectivity index (χ4n) is 1.05. The summed E-state index contributed by atoms with van der Waals surface area (Å²) in [5.41, 5.74) is 5.78. The zero-order valence-corrected chi connectivity index (χ0v) is 9.15. The summed E-state index contributed by atoms with van der Waals surface area (Å²) in [5.74, 6) is 0.933. The molecule has 2 N–H and O–H groups in total. The zero-order chi connectivity index (χ0) is 10.4. The highest BCUT2D eigenvalue weighted by molar-refractivity contribution is 7.99. The molecule has 3 nitrogen and oxygen atoms in total. The van der Waals surface area contributed by atoms with Gasteiger partial charge in [0.05, 0.1) is 0 Å². The first kappa shape index (κ1) is 11.1. The second-order valence-electron chi connectivity index (χ2n) is 2.66. The molecule has 0 spiro atoms. The van der Waals surface area contributed by atoms with Crippen LogP contribution < -0.4 is 10.9 Å². The fourth-order valence-corrected chi connectivity index (χ4v) is 1.72. The van der Waals surface area contributed by atoms with Gasteiger partial charge in [-0.3, -0.25) is 10.2 Å². The van der Waals surface area contributed by atoms with Crippen LogP contribution in [0, 0.1) is 0 Å². The van der Waals surface area contributed by atoms with Crippen molar-refractivity contribution in [3.63, 3.8) is 0 Å². The van der Waals surface area contributed by atoms with Crippen LogP contribution >= 0.6 is 11.8 Å². The molecular formula is C10H14N2OS.